The van der Waals surface area contributed by atoms with Crippen LogP contribution in [0.1, 0.15) is 25.3 Å². The van der Waals surface area contributed by atoms with E-state index in [9.17, 15) is 4.79 Å². The van der Waals surface area contributed by atoms with Crippen LogP contribution in [-0.4, -0.2) is 33.5 Å². The van der Waals surface area contributed by atoms with Gasteiger partial charge in [-0.1, -0.05) is 43.7 Å². The van der Waals surface area contributed by atoms with Crippen LogP contribution >= 0.6 is 0 Å². The predicted octanol–water partition coefficient (Wildman–Crippen LogP) is 3.59. The van der Waals surface area contributed by atoms with Crippen molar-refractivity contribution in [3.8, 4) is 0 Å². The van der Waals surface area contributed by atoms with Crippen LogP contribution in [0, 0.1) is 0 Å². The third-order valence-corrected chi connectivity index (χ3v) is 4.16. The summed E-state index contributed by atoms with van der Waals surface area (Å²) in [5.41, 5.74) is 3.24. The molecular formula is C18H21N4O+. The largest absolute Gasteiger partial charge is 0.439 e. The van der Waals surface area contributed by atoms with Gasteiger partial charge in [0.15, 0.2) is 0 Å². The number of benzene rings is 1. The Kier molecular flexibility index (Phi) is 4.21. The van der Waals surface area contributed by atoms with Crippen molar-refractivity contribution >= 4 is 12.4 Å². The van der Waals surface area contributed by atoms with Crippen LogP contribution in [0.3, 0.4) is 0 Å². The number of imidazole rings is 1. The van der Waals surface area contributed by atoms with E-state index >= 15 is 0 Å². The van der Waals surface area contributed by atoms with Crippen molar-refractivity contribution in [2.75, 3.05) is 7.05 Å². The summed E-state index contributed by atoms with van der Waals surface area (Å²) in [7, 11) is 1.90. The molecule has 0 fully saturated rings. The zero-order chi connectivity index (χ0) is 16.3. The molecule has 0 spiro atoms. The first-order valence-electron chi connectivity index (χ1n) is 7.86. The maximum Gasteiger partial charge on any atom is 0.439 e. The molecule has 3 rings (SSSR count). The topological polar surface area (TPSA) is 47.2 Å². The number of aliphatic imine (C=N–C) groups is 1. The lowest BCUT2D eigenvalue weighted by Crippen LogP contribution is -2.48. The van der Waals surface area contributed by atoms with Gasteiger partial charge in [0, 0.05) is 12.4 Å². The molecule has 2 aromatic rings. The summed E-state index contributed by atoms with van der Waals surface area (Å²) >= 11 is 0. The lowest BCUT2D eigenvalue weighted by atomic mass is 10.1. The summed E-state index contributed by atoms with van der Waals surface area (Å²) in [6.45, 7) is 2.13. The van der Waals surface area contributed by atoms with Crippen LogP contribution in [0.4, 0.5) is 4.79 Å². The molecule has 1 aromatic carbocycles. The first kappa shape index (κ1) is 15.4. The molecule has 1 aliphatic heterocycles. The number of rotatable bonds is 4. The molecule has 0 saturated heterocycles. The van der Waals surface area contributed by atoms with Crippen molar-refractivity contribution in [3.05, 3.63) is 66.0 Å². The molecule has 1 atom stereocenters. The van der Waals surface area contributed by atoms with E-state index in [4.69, 9.17) is 0 Å². The van der Waals surface area contributed by atoms with Crippen molar-refractivity contribution in [1.82, 2.24) is 9.55 Å². The normalized spacial score (nSPS) is 20.3. The highest BCUT2D eigenvalue weighted by Crippen LogP contribution is 2.31. The third-order valence-electron chi connectivity index (χ3n) is 4.16. The van der Waals surface area contributed by atoms with Crippen LogP contribution in [0.5, 0.6) is 0 Å². The maximum absolute atomic E-state index is 13.0. The van der Waals surface area contributed by atoms with Crippen molar-refractivity contribution in [1.29, 1.82) is 0 Å². The number of carbonyl (C=O) groups excluding carboxylic acids is 1. The second-order valence-electron chi connectivity index (χ2n) is 5.88. The fourth-order valence-electron chi connectivity index (χ4n) is 2.88. The highest BCUT2D eigenvalue weighted by atomic mass is 16.2. The Hall–Kier alpha value is -2.53. The molecule has 5 nitrogen and oxygen atoms in total. The molecule has 0 N–H and O–H groups in total. The average Bonchev–Trinajstić information content (AvgIpc) is 3.20. The Morgan fingerprint density at radius 2 is 2.04 bits per heavy atom. The van der Waals surface area contributed by atoms with E-state index in [1.54, 1.807) is 18.7 Å². The second-order valence-corrected chi connectivity index (χ2v) is 5.88. The third kappa shape index (κ3) is 2.87. The lowest BCUT2D eigenvalue weighted by molar-refractivity contribution is -0.683. The van der Waals surface area contributed by atoms with E-state index in [-0.39, 0.29) is 10.5 Å². The monoisotopic (exact) mass is 309 g/mol. The molecule has 118 valence electrons. The minimum Gasteiger partial charge on any atom is -0.245 e. The van der Waals surface area contributed by atoms with Gasteiger partial charge in [0.25, 0.3) is 0 Å². The molecular weight excluding hydrogens is 288 g/mol. The molecule has 0 radical (unpaired) electrons. The van der Waals surface area contributed by atoms with E-state index in [1.165, 1.54) is 16.5 Å². The van der Waals surface area contributed by atoms with Gasteiger partial charge in [0.05, 0.1) is 13.5 Å². The summed E-state index contributed by atoms with van der Waals surface area (Å²) in [5, 5.41) is 0. The Bertz CT molecular complexity index is 747. The van der Waals surface area contributed by atoms with Crippen molar-refractivity contribution in [3.63, 3.8) is 0 Å². The standard InChI is InChI=1S/C18H21N4O/c1-3-7-16-17(12-15-8-5-4-6-9-15)22(2,14-20-16)18(23)21-11-10-19-13-21/h4-6,8-11,13-14H,3,7,12H2,1-2H3/q+1. The van der Waals surface area contributed by atoms with Crippen molar-refractivity contribution < 1.29 is 9.28 Å². The molecule has 0 bridgehead atoms. The Morgan fingerprint density at radius 1 is 1.26 bits per heavy atom. The average molecular weight is 309 g/mol. The minimum absolute atomic E-state index is 0.0664. The van der Waals surface area contributed by atoms with E-state index < -0.39 is 0 Å². The van der Waals surface area contributed by atoms with Gasteiger partial charge in [-0.3, -0.25) is 0 Å². The summed E-state index contributed by atoms with van der Waals surface area (Å²) in [6, 6.07) is 10.1. The zero-order valence-electron chi connectivity index (χ0n) is 13.5. The lowest BCUT2D eigenvalue weighted by Gasteiger charge is -2.25. The van der Waals surface area contributed by atoms with Gasteiger partial charge in [-0.05, 0) is 12.0 Å². The van der Waals surface area contributed by atoms with E-state index in [0.29, 0.717) is 6.42 Å². The Labute approximate surface area is 136 Å². The van der Waals surface area contributed by atoms with Crippen LogP contribution < -0.4 is 0 Å². The highest BCUT2D eigenvalue weighted by Gasteiger charge is 2.42. The van der Waals surface area contributed by atoms with E-state index in [2.05, 4.69) is 29.0 Å². The number of hydrogen-bond donors (Lipinski definition) is 0. The summed E-state index contributed by atoms with van der Waals surface area (Å²) in [6.07, 6.45) is 9.17. The van der Waals surface area contributed by atoms with Gasteiger partial charge < -0.3 is 0 Å². The molecule has 1 aliphatic rings. The molecule has 1 amide bonds. The first-order valence-corrected chi connectivity index (χ1v) is 7.86. The van der Waals surface area contributed by atoms with Crippen LogP contribution in [0.15, 0.2) is 65.4 Å². The van der Waals surface area contributed by atoms with Gasteiger partial charge in [0.1, 0.15) is 17.7 Å². The summed E-state index contributed by atoms with van der Waals surface area (Å²) < 4.78 is 1.59. The fraction of sp³-hybridized carbons (Fsp3) is 0.278. The zero-order valence-corrected chi connectivity index (χ0v) is 13.5. The summed E-state index contributed by atoms with van der Waals surface area (Å²) in [4.78, 5) is 21.5. The molecule has 0 aliphatic carbocycles. The van der Waals surface area contributed by atoms with Crippen LogP contribution in [-0.2, 0) is 6.42 Å². The van der Waals surface area contributed by atoms with Crippen molar-refractivity contribution in [2.24, 2.45) is 4.99 Å². The maximum atomic E-state index is 13.0. The number of carbonyl (C=O) groups is 1. The molecule has 23 heavy (non-hydrogen) atoms. The predicted molar refractivity (Wildman–Crippen MR) is 89.8 cm³/mol. The first-order chi connectivity index (χ1) is 11.1. The van der Waals surface area contributed by atoms with Gasteiger partial charge in [-0.15, -0.1) is 0 Å². The quantitative estimate of drug-likeness (QED) is 0.810. The number of aromatic nitrogens is 2. The highest BCUT2D eigenvalue weighted by molar-refractivity contribution is 5.80. The molecule has 1 unspecified atom stereocenters. The Balaban J connectivity index is 1.98. The molecule has 1 aromatic heterocycles. The van der Waals surface area contributed by atoms with Gasteiger partial charge in [0.2, 0.25) is 6.34 Å². The van der Waals surface area contributed by atoms with Gasteiger partial charge in [-0.2, -0.15) is 4.48 Å². The fourth-order valence-corrected chi connectivity index (χ4v) is 2.88. The number of hydrogen-bond acceptors (Lipinski definition) is 3. The number of likely N-dealkylation sites (N-methyl/N-ethyl adjacent to an activating group) is 1. The number of allylic oxidation sites excluding steroid dienone is 2. The van der Waals surface area contributed by atoms with Crippen LogP contribution in [0.25, 0.3) is 0 Å². The smallest absolute Gasteiger partial charge is 0.245 e. The second kappa shape index (κ2) is 6.30. The van der Waals surface area contributed by atoms with E-state index in [0.717, 1.165) is 24.2 Å². The van der Waals surface area contributed by atoms with Crippen molar-refractivity contribution in [2.45, 2.75) is 26.2 Å². The van der Waals surface area contributed by atoms with E-state index in [1.807, 2.05) is 25.2 Å². The SMILES string of the molecule is CCCC1=C(Cc2ccccc2)[N+](C)(C(=O)n2ccnc2)C=N1. The summed E-state index contributed by atoms with van der Waals surface area (Å²) in [5.74, 6) is 0. The minimum atomic E-state index is -0.0664. The van der Waals surface area contributed by atoms with Gasteiger partial charge >= 0.3 is 6.03 Å². The van der Waals surface area contributed by atoms with Crippen LogP contribution in [0.2, 0.25) is 0 Å². The molecule has 5 heteroatoms. The molecule has 0 saturated carbocycles. The molecule has 2 heterocycles. The number of amides is 1. The number of quaternary nitrogens is 1. The number of nitrogens with zero attached hydrogens (tertiary/aromatic N) is 4. The Morgan fingerprint density at radius 3 is 2.70 bits per heavy atom. The van der Waals surface area contributed by atoms with Gasteiger partial charge in [-0.25, -0.2) is 19.3 Å².